The third-order valence-corrected chi connectivity index (χ3v) is 4.02. The van der Waals surface area contributed by atoms with Gasteiger partial charge in [0.15, 0.2) is 0 Å². The molecule has 1 N–H and O–H groups in total. The van der Waals surface area contributed by atoms with Gasteiger partial charge in [0.25, 0.3) is 0 Å². The van der Waals surface area contributed by atoms with Crippen LogP contribution in [0.5, 0.6) is 0 Å². The van der Waals surface area contributed by atoms with Crippen molar-refractivity contribution in [3.05, 3.63) is 0 Å². The highest BCUT2D eigenvalue weighted by Crippen LogP contribution is 2.26. The summed E-state index contributed by atoms with van der Waals surface area (Å²) in [4.78, 5) is 14.2. The summed E-state index contributed by atoms with van der Waals surface area (Å²) in [6.07, 6.45) is 5.59. The Morgan fingerprint density at radius 1 is 1.29 bits per heavy atom. The van der Waals surface area contributed by atoms with Crippen LogP contribution in [0.4, 0.5) is 0 Å². The number of carbonyl (C=O) groups excluding carboxylic acids is 1. The van der Waals surface area contributed by atoms with Gasteiger partial charge in [0.1, 0.15) is 0 Å². The maximum atomic E-state index is 11.8. The van der Waals surface area contributed by atoms with Crippen LogP contribution < -0.4 is 5.32 Å². The Morgan fingerprint density at radius 3 is 2.53 bits per heavy atom. The van der Waals surface area contributed by atoms with E-state index in [0.717, 1.165) is 51.9 Å². The topological polar surface area (TPSA) is 41.6 Å². The highest BCUT2D eigenvalue weighted by atomic mass is 16.5. The van der Waals surface area contributed by atoms with Crippen LogP contribution >= 0.6 is 0 Å². The van der Waals surface area contributed by atoms with Gasteiger partial charge in [-0.15, -0.1) is 0 Å². The number of hydrogen-bond donors (Lipinski definition) is 1. The second kappa shape index (κ2) is 6.36. The Labute approximate surface area is 104 Å². The third-order valence-electron chi connectivity index (χ3n) is 4.02. The van der Waals surface area contributed by atoms with Gasteiger partial charge in [-0.1, -0.05) is 6.42 Å². The molecule has 4 heteroatoms. The summed E-state index contributed by atoms with van der Waals surface area (Å²) in [7, 11) is 1.74. The highest BCUT2D eigenvalue weighted by Gasteiger charge is 2.28. The standard InChI is InChI=1S/C13H24N2O2/c1-17-10-9-15-7-5-12(6-8-15)14-13(16)11-3-2-4-11/h11-12H,2-10H2,1H3,(H,14,16). The number of methoxy groups -OCH3 is 1. The van der Waals surface area contributed by atoms with Crippen LogP contribution in [0.3, 0.4) is 0 Å². The van der Waals surface area contributed by atoms with E-state index < -0.39 is 0 Å². The lowest BCUT2D eigenvalue weighted by Crippen LogP contribution is -2.47. The lowest BCUT2D eigenvalue weighted by molar-refractivity contribution is -0.128. The van der Waals surface area contributed by atoms with Gasteiger partial charge in [0.2, 0.25) is 5.91 Å². The zero-order chi connectivity index (χ0) is 12.1. The number of ether oxygens (including phenoxy) is 1. The molecular weight excluding hydrogens is 216 g/mol. The minimum atomic E-state index is 0.298. The first-order valence-corrected chi connectivity index (χ1v) is 6.81. The van der Waals surface area contributed by atoms with Crippen molar-refractivity contribution in [3.8, 4) is 0 Å². The molecule has 0 bridgehead atoms. The molecule has 0 aromatic heterocycles. The molecule has 1 heterocycles. The summed E-state index contributed by atoms with van der Waals surface area (Å²) >= 11 is 0. The molecule has 0 aromatic rings. The summed E-state index contributed by atoms with van der Waals surface area (Å²) < 4.78 is 5.08. The van der Waals surface area contributed by atoms with E-state index in [4.69, 9.17) is 4.74 Å². The first kappa shape index (κ1) is 12.8. The fourth-order valence-corrected chi connectivity index (χ4v) is 2.51. The molecule has 0 unspecified atom stereocenters. The predicted octanol–water partition coefficient (Wildman–Crippen LogP) is 1.01. The molecule has 1 saturated carbocycles. The van der Waals surface area contributed by atoms with Gasteiger partial charge >= 0.3 is 0 Å². The minimum absolute atomic E-state index is 0.298. The van der Waals surface area contributed by atoms with Crippen molar-refractivity contribution in [3.63, 3.8) is 0 Å². The van der Waals surface area contributed by atoms with Gasteiger partial charge in [0, 0.05) is 38.7 Å². The number of likely N-dealkylation sites (tertiary alicyclic amines) is 1. The number of amides is 1. The van der Waals surface area contributed by atoms with Crippen LogP contribution in [0.15, 0.2) is 0 Å². The van der Waals surface area contributed by atoms with E-state index in [0.29, 0.717) is 17.9 Å². The summed E-state index contributed by atoms with van der Waals surface area (Å²) in [5, 5.41) is 3.20. The minimum Gasteiger partial charge on any atom is -0.383 e. The average Bonchev–Trinajstić information content (AvgIpc) is 2.26. The molecule has 0 atom stereocenters. The van der Waals surface area contributed by atoms with Gasteiger partial charge in [-0.25, -0.2) is 0 Å². The maximum Gasteiger partial charge on any atom is 0.223 e. The van der Waals surface area contributed by atoms with Gasteiger partial charge in [0.05, 0.1) is 6.61 Å². The number of hydrogen-bond acceptors (Lipinski definition) is 3. The van der Waals surface area contributed by atoms with Crippen LogP contribution in [0.1, 0.15) is 32.1 Å². The molecule has 1 amide bonds. The molecule has 2 fully saturated rings. The lowest BCUT2D eigenvalue weighted by Gasteiger charge is -2.34. The number of nitrogens with zero attached hydrogens (tertiary/aromatic N) is 1. The van der Waals surface area contributed by atoms with Crippen LogP contribution in [0.2, 0.25) is 0 Å². The summed E-state index contributed by atoms with van der Waals surface area (Å²) in [5.74, 6) is 0.619. The Kier molecular flexibility index (Phi) is 4.80. The van der Waals surface area contributed by atoms with Crippen LogP contribution in [0.25, 0.3) is 0 Å². The van der Waals surface area contributed by atoms with Gasteiger partial charge < -0.3 is 15.0 Å². The summed E-state index contributed by atoms with van der Waals surface area (Å²) in [6.45, 7) is 3.98. The fourth-order valence-electron chi connectivity index (χ4n) is 2.51. The first-order chi connectivity index (χ1) is 8.29. The van der Waals surface area contributed by atoms with E-state index in [1.807, 2.05) is 0 Å². The van der Waals surface area contributed by atoms with Crippen molar-refractivity contribution >= 4 is 5.91 Å². The molecule has 17 heavy (non-hydrogen) atoms. The zero-order valence-electron chi connectivity index (χ0n) is 10.8. The van der Waals surface area contributed by atoms with Crippen molar-refractivity contribution in [1.29, 1.82) is 0 Å². The SMILES string of the molecule is COCCN1CCC(NC(=O)C2CCC2)CC1. The predicted molar refractivity (Wildman–Crippen MR) is 66.8 cm³/mol. The number of nitrogens with one attached hydrogen (secondary N) is 1. The molecule has 1 aliphatic heterocycles. The van der Waals surface area contributed by atoms with Crippen molar-refractivity contribution in [2.75, 3.05) is 33.4 Å². The monoisotopic (exact) mass is 240 g/mol. The van der Waals surface area contributed by atoms with Crippen molar-refractivity contribution in [1.82, 2.24) is 10.2 Å². The molecule has 1 aliphatic carbocycles. The molecule has 2 rings (SSSR count). The van der Waals surface area contributed by atoms with Gasteiger partial charge in [-0.05, 0) is 25.7 Å². The van der Waals surface area contributed by atoms with Gasteiger partial charge in [-0.3, -0.25) is 4.79 Å². The van der Waals surface area contributed by atoms with Crippen molar-refractivity contribution in [2.24, 2.45) is 5.92 Å². The molecule has 0 radical (unpaired) electrons. The van der Waals surface area contributed by atoms with E-state index in [2.05, 4.69) is 10.2 Å². The zero-order valence-corrected chi connectivity index (χ0v) is 10.8. The van der Waals surface area contributed by atoms with E-state index in [1.165, 1.54) is 6.42 Å². The largest absolute Gasteiger partial charge is 0.383 e. The number of piperidine rings is 1. The Morgan fingerprint density at radius 2 is 2.00 bits per heavy atom. The molecule has 0 spiro atoms. The highest BCUT2D eigenvalue weighted by molar-refractivity contribution is 5.79. The molecule has 0 aromatic carbocycles. The molecule has 2 aliphatic rings. The summed E-state index contributed by atoms with van der Waals surface area (Å²) in [6, 6.07) is 0.405. The van der Waals surface area contributed by atoms with Crippen LogP contribution in [0, 0.1) is 5.92 Å². The number of carbonyl (C=O) groups is 1. The Balaban J connectivity index is 1.63. The molecular formula is C13H24N2O2. The normalized spacial score (nSPS) is 23.4. The lowest BCUT2D eigenvalue weighted by atomic mass is 9.84. The third kappa shape index (κ3) is 3.68. The second-order valence-electron chi connectivity index (χ2n) is 5.25. The Bertz CT molecular complexity index is 246. The average molecular weight is 240 g/mol. The van der Waals surface area contributed by atoms with Crippen LogP contribution in [-0.4, -0.2) is 50.2 Å². The molecule has 4 nitrogen and oxygen atoms in total. The maximum absolute atomic E-state index is 11.8. The molecule has 1 saturated heterocycles. The quantitative estimate of drug-likeness (QED) is 0.780. The fraction of sp³-hybridized carbons (Fsp3) is 0.923. The van der Waals surface area contributed by atoms with Crippen LogP contribution in [-0.2, 0) is 9.53 Å². The van der Waals surface area contributed by atoms with E-state index in [1.54, 1.807) is 7.11 Å². The van der Waals surface area contributed by atoms with E-state index >= 15 is 0 Å². The number of rotatable bonds is 5. The smallest absolute Gasteiger partial charge is 0.223 e. The van der Waals surface area contributed by atoms with Crippen molar-refractivity contribution in [2.45, 2.75) is 38.1 Å². The first-order valence-electron chi connectivity index (χ1n) is 6.81. The molecule has 98 valence electrons. The Hall–Kier alpha value is -0.610. The van der Waals surface area contributed by atoms with E-state index in [9.17, 15) is 4.79 Å². The van der Waals surface area contributed by atoms with E-state index in [-0.39, 0.29) is 0 Å². The van der Waals surface area contributed by atoms with Gasteiger partial charge in [-0.2, -0.15) is 0 Å². The summed E-state index contributed by atoms with van der Waals surface area (Å²) in [5.41, 5.74) is 0. The van der Waals surface area contributed by atoms with Crippen molar-refractivity contribution < 1.29 is 9.53 Å². The second-order valence-corrected chi connectivity index (χ2v) is 5.25.